The molecule has 1 heterocycles. The zero-order valence-electron chi connectivity index (χ0n) is 6.91. The van der Waals surface area contributed by atoms with Crippen molar-refractivity contribution in [3.05, 3.63) is 0 Å². The van der Waals surface area contributed by atoms with E-state index in [-0.39, 0.29) is 6.79 Å². The largest absolute Gasteiger partial charge is 0.389 e. The molecule has 6 nitrogen and oxygen atoms in total. The molecule has 0 aromatic rings. The molecule has 6 atom stereocenters. The lowest BCUT2D eigenvalue weighted by atomic mass is 9.84. The number of fused-ring (bicyclic) bond motifs is 1. The molecule has 2 aliphatic rings. The van der Waals surface area contributed by atoms with Crippen molar-refractivity contribution in [2.24, 2.45) is 5.73 Å². The second-order valence-corrected chi connectivity index (χ2v) is 3.43. The lowest BCUT2D eigenvalue weighted by Crippen LogP contribution is -2.65. The molecule has 0 aromatic carbocycles. The van der Waals surface area contributed by atoms with Crippen LogP contribution in [0.3, 0.4) is 0 Å². The van der Waals surface area contributed by atoms with Gasteiger partial charge in [0.05, 0.1) is 6.04 Å². The van der Waals surface area contributed by atoms with Crippen molar-refractivity contribution in [2.45, 2.75) is 36.6 Å². The van der Waals surface area contributed by atoms with Gasteiger partial charge in [-0.1, -0.05) is 0 Å². The van der Waals surface area contributed by atoms with Crippen LogP contribution >= 0.6 is 0 Å². The van der Waals surface area contributed by atoms with Gasteiger partial charge in [-0.3, -0.25) is 0 Å². The van der Waals surface area contributed by atoms with E-state index in [1.807, 2.05) is 0 Å². The molecule has 76 valence electrons. The molecule has 1 saturated carbocycles. The summed E-state index contributed by atoms with van der Waals surface area (Å²) in [6.45, 7) is 0.0168. The van der Waals surface area contributed by atoms with Gasteiger partial charge in [0.15, 0.2) is 0 Å². The Hall–Kier alpha value is -0.240. The lowest BCUT2D eigenvalue weighted by Gasteiger charge is -2.39. The third kappa shape index (κ3) is 1.26. The van der Waals surface area contributed by atoms with E-state index in [0.717, 1.165) is 0 Å². The second kappa shape index (κ2) is 3.16. The average Bonchev–Trinajstić information content (AvgIpc) is 2.59. The summed E-state index contributed by atoms with van der Waals surface area (Å²) in [5.74, 6) is 0. The Kier molecular flexibility index (Phi) is 2.26. The van der Waals surface area contributed by atoms with Crippen LogP contribution in [0, 0.1) is 0 Å². The molecule has 1 unspecified atom stereocenters. The molecule has 1 saturated heterocycles. The summed E-state index contributed by atoms with van der Waals surface area (Å²) in [5.41, 5.74) is 5.47. The van der Waals surface area contributed by atoms with Gasteiger partial charge in [-0.05, 0) is 0 Å². The minimum atomic E-state index is -1.17. The van der Waals surface area contributed by atoms with Gasteiger partial charge in [0.2, 0.25) is 0 Å². The maximum absolute atomic E-state index is 9.53. The fourth-order valence-electron chi connectivity index (χ4n) is 1.82. The maximum Gasteiger partial charge on any atom is 0.148 e. The van der Waals surface area contributed by atoms with Crippen LogP contribution in [-0.4, -0.2) is 58.7 Å². The molecule has 0 radical (unpaired) electrons. The second-order valence-electron chi connectivity index (χ2n) is 3.43. The third-order valence-electron chi connectivity index (χ3n) is 2.66. The quantitative estimate of drug-likeness (QED) is 0.328. The molecule has 6 heteroatoms. The fourth-order valence-corrected chi connectivity index (χ4v) is 1.82. The van der Waals surface area contributed by atoms with Crippen LogP contribution in [0.1, 0.15) is 0 Å². The van der Waals surface area contributed by atoms with Gasteiger partial charge in [0.25, 0.3) is 0 Å². The Labute approximate surface area is 74.9 Å². The van der Waals surface area contributed by atoms with Crippen molar-refractivity contribution >= 4 is 0 Å². The first-order valence-electron chi connectivity index (χ1n) is 4.16. The summed E-state index contributed by atoms with van der Waals surface area (Å²) in [6.07, 6.45) is -4.56. The lowest BCUT2D eigenvalue weighted by molar-refractivity contribution is -0.143. The van der Waals surface area contributed by atoms with Gasteiger partial charge in [-0.25, -0.2) is 0 Å². The number of hydrogen-bond donors (Lipinski definition) is 4. The molecule has 1 aliphatic heterocycles. The molecule has 0 spiro atoms. The van der Waals surface area contributed by atoms with Gasteiger partial charge < -0.3 is 30.5 Å². The predicted octanol–water partition coefficient (Wildman–Crippen LogP) is -2.85. The monoisotopic (exact) mass is 191 g/mol. The Morgan fingerprint density at radius 3 is 2.08 bits per heavy atom. The van der Waals surface area contributed by atoms with Gasteiger partial charge in [-0.2, -0.15) is 0 Å². The standard InChI is InChI=1S/C7H13NO5/c8-2-3(9)5(11)7-6(4(2)10)12-1-13-7/h2-7,9-11H,1,8H2/t2-,3+,4-,5-,6?,7-/m1/s1. The van der Waals surface area contributed by atoms with Crippen molar-refractivity contribution in [1.82, 2.24) is 0 Å². The van der Waals surface area contributed by atoms with Gasteiger partial charge in [-0.15, -0.1) is 0 Å². The summed E-state index contributed by atoms with van der Waals surface area (Å²) in [6, 6.07) is -0.891. The van der Waals surface area contributed by atoms with E-state index < -0.39 is 36.6 Å². The van der Waals surface area contributed by atoms with Crippen LogP contribution in [0.25, 0.3) is 0 Å². The van der Waals surface area contributed by atoms with E-state index in [1.165, 1.54) is 0 Å². The summed E-state index contributed by atoms with van der Waals surface area (Å²) in [4.78, 5) is 0. The molecule has 0 bridgehead atoms. The van der Waals surface area contributed by atoms with Gasteiger partial charge in [0, 0.05) is 0 Å². The molecule has 13 heavy (non-hydrogen) atoms. The van der Waals surface area contributed by atoms with E-state index in [0.29, 0.717) is 0 Å². The van der Waals surface area contributed by atoms with Crippen molar-refractivity contribution < 1.29 is 24.8 Å². The highest BCUT2D eigenvalue weighted by Crippen LogP contribution is 2.28. The van der Waals surface area contributed by atoms with Crippen LogP contribution < -0.4 is 5.73 Å². The fraction of sp³-hybridized carbons (Fsp3) is 1.00. The highest BCUT2D eigenvalue weighted by atomic mass is 16.7. The SMILES string of the molecule is N[C@@H]1[C@H](O)[C@@H](O)[C@H]2OCOC2[C@@H]1O. The molecular weight excluding hydrogens is 178 g/mol. The van der Waals surface area contributed by atoms with E-state index in [4.69, 9.17) is 15.2 Å². The van der Waals surface area contributed by atoms with Crippen LogP contribution in [0.15, 0.2) is 0 Å². The minimum Gasteiger partial charge on any atom is -0.389 e. The van der Waals surface area contributed by atoms with Crippen molar-refractivity contribution in [2.75, 3.05) is 6.79 Å². The van der Waals surface area contributed by atoms with Crippen molar-refractivity contribution in [3.8, 4) is 0 Å². The number of nitrogens with two attached hydrogens (primary N) is 1. The molecule has 1 aliphatic carbocycles. The Morgan fingerprint density at radius 2 is 1.46 bits per heavy atom. The number of ether oxygens (including phenoxy) is 2. The number of hydrogen-bond acceptors (Lipinski definition) is 6. The Balaban J connectivity index is 2.19. The minimum absolute atomic E-state index is 0.0168. The van der Waals surface area contributed by atoms with Crippen LogP contribution in [-0.2, 0) is 9.47 Å². The first-order valence-corrected chi connectivity index (χ1v) is 4.16. The molecule has 0 aromatic heterocycles. The molecule has 0 amide bonds. The average molecular weight is 191 g/mol. The molecular formula is C7H13NO5. The Morgan fingerprint density at radius 1 is 0.923 bits per heavy atom. The predicted molar refractivity (Wildman–Crippen MR) is 40.6 cm³/mol. The maximum atomic E-state index is 9.53. The zero-order chi connectivity index (χ0) is 9.59. The van der Waals surface area contributed by atoms with Crippen molar-refractivity contribution in [3.63, 3.8) is 0 Å². The molecule has 2 fully saturated rings. The zero-order valence-corrected chi connectivity index (χ0v) is 6.91. The molecule has 2 rings (SSSR count). The summed E-state index contributed by atoms with van der Waals surface area (Å²) < 4.78 is 10.0. The normalized spacial score (nSPS) is 56.3. The first kappa shape index (κ1) is 9.32. The first-order chi connectivity index (χ1) is 6.13. The third-order valence-corrected chi connectivity index (χ3v) is 2.66. The molecule has 5 N–H and O–H groups in total. The van der Waals surface area contributed by atoms with Crippen molar-refractivity contribution in [1.29, 1.82) is 0 Å². The van der Waals surface area contributed by atoms with Crippen LogP contribution in [0.4, 0.5) is 0 Å². The smallest absolute Gasteiger partial charge is 0.148 e. The van der Waals surface area contributed by atoms with E-state index in [1.54, 1.807) is 0 Å². The summed E-state index contributed by atoms with van der Waals surface area (Å²) in [5, 5.41) is 28.4. The van der Waals surface area contributed by atoms with Gasteiger partial charge >= 0.3 is 0 Å². The number of aliphatic hydroxyl groups is 3. The highest BCUT2D eigenvalue weighted by Gasteiger charge is 2.51. The van der Waals surface area contributed by atoms with E-state index in [9.17, 15) is 15.3 Å². The Bertz CT molecular complexity index is 181. The highest BCUT2D eigenvalue weighted by molar-refractivity contribution is 5.03. The number of aliphatic hydroxyl groups excluding tert-OH is 3. The topological polar surface area (TPSA) is 105 Å². The van der Waals surface area contributed by atoms with E-state index in [2.05, 4.69) is 0 Å². The van der Waals surface area contributed by atoms with Crippen LogP contribution in [0.2, 0.25) is 0 Å². The van der Waals surface area contributed by atoms with Crippen LogP contribution in [0.5, 0.6) is 0 Å². The van der Waals surface area contributed by atoms with E-state index >= 15 is 0 Å². The van der Waals surface area contributed by atoms with Gasteiger partial charge in [0.1, 0.15) is 37.3 Å². The number of rotatable bonds is 0. The summed E-state index contributed by atoms with van der Waals surface area (Å²) >= 11 is 0. The summed E-state index contributed by atoms with van der Waals surface area (Å²) in [7, 11) is 0.